The maximum absolute atomic E-state index is 12.7. The molecule has 0 bridgehead atoms. The molecule has 1 saturated heterocycles. The molecular formula is C17H19F3N4O2. The van der Waals surface area contributed by atoms with Gasteiger partial charge in [0.1, 0.15) is 23.2 Å². The van der Waals surface area contributed by atoms with E-state index in [0.717, 1.165) is 18.6 Å². The van der Waals surface area contributed by atoms with E-state index >= 15 is 0 Å². The Morgan fingerprint density at radius 3 is 2.50 bits per heavy atom. The molecular weight excluding hydrogens is 349 g/mol. The average Bonchev–Trinajstić information content (AvgIpc) is 3.21. The number of carbonyl (C=O) groups is 1. The topological polar surface area (TPSA) is 96.2 Å². The Morgan fingerprint density at radius 2 is 2.00 bits per heavy atom. The summed E-state index contributed by atoms with van der Waals surface area (Å²) < 4.78 is 45.1. The summed E-state index contributed by atoms with van der Waals surface area (Å²) in [5.41, 5.74) is 11.8. The highest BCUT2D eigenvalue weighted by atomic mass is 19.4. The van der Waals surface area contributed by atoms with Gasteiger partial charge in [-0.1, -0.05) is 12.1 Å². The van der Waals surface area contributed by atoms with E-state index in [1.165, 1.54) is 16.8 Å². The van der Waals surface area contributed by atoms with E-state index in [2.05, 4.69) is 5.10 Å². The van der Waals surface area contributed by atoms with Gasteiger partial charge < -0.3 is 16.2 Å². The van der Waals surface area contributed by atoms with Gasteiger partial charge in [0.2, 0.25) is 0 Å². The maximum Gasteiger partial charge on any atom is 0.416 e. The summed E-state index contributed by atoms with van der Waals surface area (Å²) in [6.07, 6.45) is -3.23. The second kappa shape index (κ2) is 6.64. The largest absolute Gasteiger partial charge is 0.416 e. The number of amides is 1. The van der Waals surface area contributed by atoms with Crippen molar-refractivity contribution in [3.8, 4) is 0 Å². The van der Waals surface area contributed by atoms with Gasteiger partial charge in [-0.3, -0.25) is 4.79 Å². The first-order valence-electron chi connectivity index (χ1n) is 8.16. The zero-order chi connectivity index (χ0) is 19.1. The molecule has 3 rings (SSSR count). The number of aromatic nitrogens is 2. The molecule has 6 nitrogen and oxygen atoms in total. The average molecular weight is 368 g/mol. The molecule has 1 aliphatic heterocycles. The van der Waals surface area contributed by atoms with Crippen molar-refractivity contribution in [2.45, 2.75) is 38.1 Å². The van der Waals surface area contributed by atoms with Crippen LogP contribution in [-0.2, 0) is 10.9 Å². The van der Waals surface area contributed by atoms with Gasteiger partial charge in [0.05, 0.1) is 11.6 Å². The number of nitrogen functional groups attached to an aromatic ring is 1. The zero-order valence-corrected chi connectivity index (χ0v) is 14.1. The lowest BCUT2D eigenvalue weighted by Gasteiger charge is -2.16. The standard InChI is InChI=1S/C17H19F3N4O2/c1-9(10-4-6-11(7-5-10)17(18,19)20)24-15(21)13(16(22)25)14(23-24)12-3-2-8-26-12/h4-7,9,12H,2-3,8,21H2,1H3,(H2,22,25). The Balaban J connectivity index is 1.98. The van der Waals surface area contributed by atoms with Crippen LogP contribution in [0.3, 0.4) is 0 Å². The number of rotatable bonds is 4. The Morgan fingerprint density at radius 1 is 1.35 bits per heavy atom. The molecule has 2 aromatic rings. The van der Waals surface area contributed by atoms with E-state index in [4.69, 9.17) is 16.2 Å². The molecule has 1 aliphatic rings. The summed E-state index contributed by atoms with van der Waals surface area (Å²) in [5.74, 6) is -0.630. The fraction of sp³-hybridized carbons (Fsp3) is 0.412. The lowest BCUT2D eigenvalue weighted by atomic mass is 10.1. The minimum absolute atomic E-state index is 0.0791. The maximum atomic E-state index is 12.7. The van der Waals surface area contributed by atoms with Crippen LogP contribution in [0, 0.1) is 0 Å². The molecule has 2 unspecified atom stereocenters. The van der Waals surface area contributed by atoms with E-state index < -0.39 is 23.7 Å². The summed E-state index contributed by atoms with van der Waals surface area (Å²) in [4.78, 5) is 11.8. The predicted octanol–water partition coefficient (Wildman–Crippen LogP) is 3.04. The Bertz CT molecular complexity index is 809. The van der Waals surface area contributed by atoms with Gasteiger partial charge in [-0.25, -0.2) is 4.68 Å². The highest BCUT2D eigenvalue weighted by Gasteiger charge is 2.32. The number of alkyl halides is 3. The molecule has 2 atom stereocenters. The van der Waals surface area contributed by atoms with Crippen LogP contribution in [0.5, 0.6) is 0 Å². The van der Waals surface area contributed by atoms with Gasteiger partial charge in [-0.05, 0) is 37.5 Å². The third-order valence-electron chi connectivity index (χ3n) is 4.54. The minimum Gasteiger partial charge on any atom is -0.383 e. The van der Waals surface area contributed by atoms with Crippen molar-refractivity contribution >= 4 is 11.7 Å². The molecule has 1 aromatic heterocycles. The van der Waals surface area contributed by atoms with Crippen LogP contribution >= 0.6 is 0 Å². The lowest BCUT2D eigenvalue weighted by molar-refractivity contribution is -0.137. The van der Waals surface area contributed by atoms with Crippen molar-refractivity contribution in [1.82, 2.24) is 9.78 Å². The van der Waals surface area contributed by atoms with Crippen LogP contribution in [0.15, 0.2) is 24.3 Å². The van der Waals surface area contributed by atoms with Crippen molar-refractivity contribution in [1.29, 1.82) is 0 Å². The van der Waals surface area contributed by atoms with E-state index in [9.17, 15) is 18.0 Å². The molecule has 9 heteroatoms. The summed E-state index contributed by atoms with van der Waals surface area (Å²) in [6, 6.07) is 4.25. The van der Waals surface area contributed by atoms with Crippen LogP contribution in [0.2, 0.25) is 0 Å². The molecule has 26 heavy (non-hydrogen) atoms. The summed E-state index contributed by atoms with van der Waals surface area (Å²) in [6.45, 7) is 2.29. The minimum atomic E-state index is -4.40. The first-order chi connectivity index (χ1) is 12.2. The van der Waals surface area contributed by atoms with Gasteiger partial charge in [-0.15, -0.1) is 0 Å². The van der Waals surface area contributed by atoms with Crippen LogP contribution in [0.4, 0.5) is 19.0 Å². The quantitative estimate of drug-likeness (QED) is 0.867. The van der Waals surface area contributed by atoms with Crippen LogP contribution < -0.4 is 11.5 Å². The molecule has 0 radical (unpaired) electrons. The molecule has 1 amide bonds. The van der Waals surface area contributed by atoms with Gasteiger partial charge >= 0.3 is 6.18 Å². The van der Waals surface area contributed by atoms with Crippen molar-refractivity contribution in [3.63, 3.8) is 0 Å². The highest BCUT2D eigenvalue weighted by Crippen LogP contribution is 2.35. The van der Waals surface area contributed by atoms with E-state index in [1.807, 2.05) is 0 Å². The normalized spacial score (nSPS) is 18.8. The fourth-order valence-electron chi connectivity index (χ4n) is 3.12. The molecule has 0 spiro atoms. The molecule has 2 heterocycles. The van der Waals surface area contributed by atoms with Crippen molar-refractivity contribution in [2.75, 3.05) is 12.3 Å². The Labute approximate surface area is 147 Å². The van der Waals surface area contributed by atoms with Crippen molar-refractivity contribution in [3.05, 3.63) is 46.6 Å². The van der Waals surface area contributed by atoms with E-state index in [0.29, 0.717) is 24.3 Å². The Hall–Kier alpha value is -2.55. The van der Waals surface area contributed by atoms with Crippen LogP contribution in [0.1, 0.15) is 59.1 Å². The summed E-state index contributed by atoms with van der Waals surface area (Å²) >= 11 is 0. The molecule has 0 saturated carbocycles. The summed E-state index contributed by atoms with van der Waals surface area (Å²) in [5, 5.41) is 4.40. The first-order valence-corrected chi connectivity index (χ1v) is 8.16. The van der Waals surface area contributed by atoms with Gasteiger partial charge in [0.15, 0.2) is 0 Å². The third-order valence-corrected chi connectivity index (χ3v) is 4.54. The molecule has 1 fully saturated rings. The van der Waals surface area contributed by atoms with Gasteiger partial charge in [-0.2, -0.15) is 18.3 Å². The number of carbonyl (C=O) groups excluding carboxylic acids is 1. The zero-order valence-electron chi connectivity index (χ0n) is 14.1. The number of halogens is 3. The number of anilines is 1. The Kier molecular flexibility index (Phi) is 4.66. The molecule has 4 N–H and O–H groups in total. The SMILES string of the molecule is CC(c1ccc(C(F)(F)F)cc1)n1nc(C2CCCO2)c(C(N)=O)c1N. The predicted molar refractivity (Wildman–Crippen MR) is 88.3 cm³/mol. The van der Waals surface area contributed by atoms with Crippen molar-refractivity contribution in [2.24, 2.45) is 5.73 Å². The highest BCUT2D eigenvalue weighted by molar-refractivity contribution is 5.98. The van der Waals surface area contributed by atoms with E-state index in [1.54, 1.807) is 6.92 Å². The number of benzene rings is 1. The van der Waals surface area contributed by atoms with Gasteiger partial charge in [0.25, 0.3) is 5.91 Å². The number of nitrogens with two attached hydrogens (primary N) is 2. The monoisotopic (exact) mass is 368 g/mol. The fourth-order valence-corrected chi connectivity index (χ4v) is 3.12. The number of primary amides is 1. The second-order valence-electron chi connectivity index (χ2n) is 6.25. The lowest BCUT2D eigenvalue weighted by Crippen LogP contribution is -2.17. The number of hydrogen-bond donors (Lipinski definition) is 2. The molecule has 140 valence electrons. The smallest absolute Gasteiger partial charge is 0.383 e. The number of ether oxygens (including phenoxy) is 1. The number of hydrogen-bond acceptors (Lipinski definition) is 4. The van der Waals surface area contributed by atoms with Gasteiger partial charge in [0, 0.05) is 6.61 Å². The third kappa shape index (κ3) is 3.26. The van der Waals surface area contributed by atoms with Crippen LogP contribution in [0.25, 0.3) is 0 Å². The summed E-state index contributed by atoms with van der Waals surface area (Å²) in [7, 11) is 0. The van der Waals surface area contributed by atoms with E-state index in [-0.39, 0.29) is 17.5 Å². The molecule has 1 aromatic carbocycles. The van der Waals surface area contributed by atoms with Crippen LogP contribution in [-0.4, -0.2) is 22.3 Å². The number of nitrogens with zero attached hydrogens (tertiary/aromatic N) is 2. The molecule has 0 aliphatic carbocycles. The second-order valence-corrected chi connectivity index (χ2v) is 6.25. The van der Waals surface area contributed by atoms with Crippen molar-refractivity contribution < 1.29 is 22.7 Å². The first kappa shape index (κ1) is 18.2.